The van der Waals surface area contributed by atoms with Crippen LogP contribution in [0.25, 0.3) is 0 Å². The molecule has 0 saturated carbocycles. The zero-order valence-electron chi connectivity index (χ0n) is 11.8. The predicted octanol–water partition coefficient (Wildman–Crippen LogP) is 2.89. The fraction of sp³-hybridized carbons (Fsp3) is 1.00. The summed E-state index contributed by atoms with van der Waals surface area (Å²) in [7, 11) is 0. The molecule has 1 aliphatic rings. The summed E-state index contributed by atoms with van der Waals surface area (Å²) in [6, 6.07) is 0.621. The van der Waals surface area contributed by atoms with Gasteiger partial charge < -0.3 is 5.32 Å². The van der Waals surface area contributed by atoms with Crippen molar-refractivity contribution >= 4 is 0 Å². The van der Waals surface area contributed by atoms with Gasteiger partial charge in [0.25, 0.3) is 0 Å². The Hall–Kier alpha value is -0.0800. The summed E-state index contributed by atoms with van der Waals surface area (Å²) in [5.41, 5.74) is 0.302. The predicted molar refractivity (Wildman–Crippen MR) is 71.8 cm³/mol. The van der Waals surface area contributed by atoms with Gasteiger partial charge in [-0.25, -0.2) is 0 Å². The van der Waals surface area contributed by atoms with Crippen LogP contribution < -0.4 is 5.32 Å². The second-order valence-corrected chi connectivity index (χ2v) is 6.09. The Morgan fingerprint density at radius 1 is 1.19 bits per heavy atom. The minimum Gasteiger partial charge on any atom is -0.312 e. The lowest BCUT2D eigenvalue weighted by molar-refractivity contribution is 0.0969. The number of hydrogen-bond donors (Lipinski definition) is 1. The van der Waals surface area contributed by atoms with Gasteiger partial charge in [0.2, 0.25) is 0 Å². The van der Waals surface area contributed by atoms with Gasteiger partial charge >= 0.3 is 0 Å². The van der Waals surface area contributed by atoms with Crippen LogP contribution in [0.4, 0.5) is 0 Å². The summed E-state index contributed by atoms with van der Waals surface area (Å²) in [6.45, 7) is 15.3. The van der Waals surface area contributed by atoms with Crippen LogP contribution in [0.5, 0.6) is 0 Å². The standard InChI is InChI=1S/C14H30N2/c1-6-15-13(11-12(2)3)14(4,5)16-9-7-8-10-16/h12-13,15H,6-11H2,1-5H3. The maximum absolute atomic E-state index is 3.69. The van der Waals surface area contributed by atoms with Gasteiger partial charge in [-0.3, -0.25) is 4.90 Å². The maximum Gasteiger partial charge on any atom is 0.0306 e. The molecule has 1 fully saturated rings. The lowest BCUT2D eigenvalue weighted by atomic mass is 9.86. The third-order valence-corrected chi connectivity index (χ3v) is 3.93. The largest absolute Gasteiger partial charge is 0.312 e. The molecule has 0 bridgehead atoms. The Labute approximate surface area is 102 Å². The Morgan fingerprint density at radius 2 is 1.75 bits per heavy atom. The van der Waals surface area contributed by atoms with Gasteiger partial charge in [-0.05, 0) is 58.7 Å². The van der Waals surface area contributed by atoms with Crippen molar-refractivity contribution in [3.63, 3.8) is 0 Å². The average Bonchev–Trinajstić information content (AvgIpc) is 2.69. The van der Waals surface area contributed by atoms with Crippen LogP contribution in [-0.2, 0) is 0 Å². The molecule has 1 unspecified atom stereocenters. The summed E-state index contributed by atoms with van der Waals surface area (Å²) >= 11 is 0. The van der Waals surface area contributed by atoms with Gasteiger partial charge in [0.05, 0.1) is 0 Å². The molecule has 0 amide bonds. The monoisotopic (exact) mass is 226 g/mol. The first-order valence-corrected chi connectivity index (χ1v) is 6.97. The number of likely N-dealkylation sites (tertiary alicyclic amines) is 1. The van der Waals surface area contributed by atoms with E-state index in [1.54, 1.807) is 0 Å². The molecule has 1 aliphatic heterocycles. The molecule has 0 aromatic carbocycles. The third-order valence-electron chi connectivity index (χ3n) is 3.93. The van der Waals surface area contributed by atoms with E-state index in [1.165, 1.54) is 32.4 Å². The lowest BCUT2D eigenvalue weighted by Crippen LogP contribution is -2.57. The molecule has 1 saturated heterocycles. The van der Waals surface area contributed by atoms with Crippen molar-refractivity contribution in [2.45, 2.75) is 65.5 Å². The van der Waals surface area contributed by atoms with Gasteiger partial charge in [0.15, 0.2) is 0 Å². The lowest BCUT2D eigenvalue weighted by Gasteiger charge is -2.43. The van der Waals surface area contributed by atoms with Crippen molar-refractivity contribution in [3.8, 4) is 0 Å². The van der Waals surface area contributed by atoms with Crippen LogP contribution in [0.2, 0.25) is 0 Å². The molecular formula is C14H30N2. The Bertz CT molecular complexity index is 193. The SMILES string of the molecule is CCNC(CC(C)C)C(C)(C)N1CCCC1. The smallest absolute Gasteiger partial charge is 0.0306 e. The summed E-state index contributed by atoms with van der Waals surface area (Å²) in [6.07, 6.45) is 4.03. The first-order chi connectivity index (χ1) is 7.48. The molecule has 0 aliphatic carbocycles. The summed E-state index contributed by atoms with van der Waals surface area (Å²) < 4.78 is 0. The van der Waals surface area contributed by atoms with Gasteiger partial charge in [-0.1, -0.05) is 20.8 Å². The topological polar surface area (TPSA) is 15.3 Å². The highest BCUT2D eigenvalue weighted by atomic mass is 15.2. The van der Waals surface area contributed by atoms with Gasteiger partial charge in [0, 0.05) is 11.6 Å². The second kappa shape index (κ2) is 6.02. The van der Waals surface area contributed by atoms with E-state index in [2.05, 4.69) is 44.8 Å². The molecule has 0 radical (unpaired) electrons. The van der Waals surface area contributed by atoms with Crippen LogP contribution in [0.15, 0.2) is 0 Å². The van der Waals surface area contributed by atoms with Crippen LogP contribution in [0, 0.1) is 5.92 Å². The normalized spacial score (nSPS) is 20.6. The van der Waals surface area contributed by atoms with E-state index in [0.717, 1.165) is 12.5 Å². The van der Waals surface area contributed by atoms with E-state index in [1.807, 2.05) is 0 Å². The number of nitrogens with one attached hydrogen (secondary N) is 1. The van der Waals surface area contributed by atoms with Crippen LogP contribution in [-0.4, -0.2) is 36.1 Å². The number of nitrogens with zero attached hydrogens (tertiary/aromatic N) is 1. The number of likely N-dealkylation sites (N-methyl/N-ethyl adjacent to an activating group) is 1. The molecule has 16 heavy (non-hydrogen) atoms. The molecule has 2 heteroatoms. The molecule has 2 nitrogen and oxygen atoms in total. The number of rotatable bonds is 6. The van der Waals surface area contributed by atoms with Crippen molar-refractivity contribution in [1.82, 2.24) is 10.2 Å². The molecule has 1 atom stereocenters. The van der Waals surface area contributed by atoms with Crippen molar-refractivity contribution < 1.29 is 0 Å². The Balaban J connectivity index is 2.65. The quantitative estimate of drug-likeness (QED) is 0.749. The fourth-order valence-corrected chi connectivity index (χ4v) is 2.85. The van der Waals surface area contributed by atoms with E-state index >= 15 is 0 Å². The van der Waals surface area contributed by atoms with Crippen molar-refractivity contribution in [2.24, 2.45) is 5.92 Å². The first kappa shape index (κ1) is 14.0. The molecule has 0 aromatic rings. The van der Waals surface area contributed by atoms with E-state index in [9.17, 15) is 0 Å². The third kappa shape index (κ3) is 3.46. The van der Waals surface area contributed by atoms with E-state index in [4.69, 9.17) is 0 Å². The van der Waals surface area contributed by atoms with Crippen molar-refractivity contribution in [2.75, 3.05) is 19.6 Å². The second-order valence-electron chi connectivity index (χ2n) is 6.09. The highest BCUT2D eigenvalue weighted by Gasteiger charge is 2.36. The highest BCUT2D eigenvalue weighted by molar-refractivity contribution is 4.95. The summed E-state index contributed by atoms with van der Waals surface area (Å²) in [5, 5.41) is 3.69. The minimum atomic E-state index is 0.302. The molecule has 1 rings (SSSR count). The molecule has 1 N–H and O–H groups in total. The van der Waals surface area contributed by atoms with Crippen LogP contribution in [0.1, 0.15) is 53.9 Å². The average molecular weight is 226 g/mol. The van der Waals surface area contributed by atoms with Gasteiger partial charge in [-0.15, -0.1) is 0 Å². The highest BCUT2D eigenvalue weighted by Crippen LogP contribution is 2.27. The van der Waals surface area contributed by atoms with Gasteiger partial charge in [-0.2, -0.15) is 0 Å². The molecule has 0 spiro atoms. The molecule has 0 aromatic heterocycles. The zero-order valence-corrected chi connectivity index (χ0v) is 11.8. The number of hydrogen-bond acceptors (Lipinski definition) is 2. The molecular weight excluding hydrogens is 196 g/mol. The minimum absolute atomic E-state index is 0.302. The summed E-state index contributed by atoms with van der Waals surface area (Å²) in [5.74, 6) is 0.769. The van der Waals surface area contributed by atoms with Crippen LogP contribution >= 0.6 is 0 Å². The van der Waals surface area contributed by atoms with Crippen molar-refractivity contribution in [1.29, 1.82) is 0 Å². The van der Waals surface area contributed by atoms with E-state index < -0.39 is 0 Å². The Morgan fingerprint density at radius 3 is 2.19 bits per heavy atom. The van der Waals surface area contributed by atoms with E-state index in [0.29, 0.717) is 11.6 Å². The molecule has 1 heterocycles. The Kier molecular flexibility index (Phi) is 5.26. The molecule has 96 valence electrons. The van der Waals surface area contributed by atoms with Gasteiger partial charge in [0.1, 0.15) is 0 Å². The maximum atomic E-state index is 3.69. The zero-order chi connectivity index (χ0) is 12.2. The summed E-state index contributed by atoms with van der Waals surface area (Å²) in [4.78, 5) is 2.67. The van der Waals surface area contributed by atoms with Crippen molar-refractivity contribution in [3.05, 3.63) is 0 Å². The first-order valence-electron chi connectivity index (χ1n) is 6.97. The van der Waals surface area contributed by atoms with E-state index in [-0.39, 0.29) is 0 Å². The fourth-order valence-electron chi connectivity index (χ4n) is 2.85. The van der Waals surface area contributed by atoms with Crippen LogP contribution in [0.3, 0.4) is 0 Å².